The maximum absolute atomic E-state index is 13.3. The van der Waals surface area contributed by atoms with Crippen LogP contribution in [0.25, 0.3) is 0 Å². The molecule has 2 rings (SSSR count). The summed E-state index contributed by atoms with van der Waals surface area (Å²) in [5.41, 5.74) is 2.80. The number of nitrogens with zero attached hydrogens (tertiary/aromatic N) is 2. The van der Waals surface area contributed by atoms with E-state index in [1.54, 1.807) is 12.1 Å². The van der Waals surface area contributed by atoms with Crippen LogP contribution in [0.2, 0.25) is 0 Å². The van der Waals surface area contributed by atoms with Crippen LogP contribution < -0.4 is 5.32 Å². The molecule has 1 N–H and O–H groups in total. The van der Waals surface area contributed by atoms with Crippen molar-refractivity contribution in [2.75, 3.05) is 6.54 Å². The molecule has 17 heavy (non-hydrogen) atoms. The lowest BCUT2D eigenvalue weighted by Crippen LogP contribution is -2.23. The summed E-state index contributed by atoms with van der Waals surface area (Å²) < 4.78 is 17.2. The minimum atomic E-state index is -0.225. The lowest BCUT2D eigenvalue weighted by atomic mass is 9.99. The Labute approximate surface area is 104 Å². The van der Waals surface area contributed by atoms with Gasteiger partial charge in [0.15, 0.2) is 0 Å². The van der Waals surface area contributed by atoms with Gasteiger partial charge in [0.25, 0.3) is 0 Å². The van der Waals surface area contributed by atoms with Crippen LogP contribution in [-0.4, -0.2) is 16.1 Å². The molecular weight excluding hydrogens is 237 g/mol. The van der Waals surface area contributed by atoms with E-state index in [1.807, 2.05) is 19.2 Å². The minimum absolute atomic E-state index is 0.0885. The standard InChI is InChI=1S/C12H14FN3S/c1-3-14-12(11-7-17-16-15-11)10-6-9(13)5-4-8(10)2/h4-7,12,14H,3H2,1-2H3. The minimum Gasteiger partial charge on any atom is -0.305 e. The Hall–Kier alpha value is -1.33. The van der Waals surface area contributed by atoms with E-state index < -0.39 is 0 Å². The lowest BCUT2D eigenvalue weighted by molar-refractivity contribution is 0.591. The molecule has 3 nitrogen and oxygen atoms in total. The maximum Gasteiger partial charge on any atom is 0.123 e. The molecule has 0 amide bonds. The van der Waals surface area contributed by atoms with E-state index >= 15 is 0 Å². The van der Waals surface area contributed by atoms with E-state index in [2.05, 4.69) is 14.9 Å². The van der Waals surface area contributed by atoms with Crippen LogP contribution in [0.15, 0.2) is 23.6 Å². The molecule has 90 valence electrons. The van der Waals surface area contributed by atoms with E-state index in [0.717, 1.165) is 23.4 Å². The number of aromatic nitrogens is 2. The van der Waals surface area contributed by atoms with Crippen LogP contribution in [-0.2, 0) is 0 Å². The van der Waals surface area contributed by atoms with Crippen LogP contribution in [0.1, 0.15) is 29.8 Å². The highest BCUT2D eigenvalue weighted by atomic mass is 32.1. The average molecular weight is 251 g/mol. The Morgan fingerprint density at radius 2 is 2.29 bits per heavy atom. The SMILES string of the molecule is CCNC(c1csnn1)c1cc(F)ccc1C. The number of hydrogen-bond acceptors (Lipinski definition) is 4. The molecule has 0 aliphatic carbocycles. The van der Waals surface area contributed by atoms with Gasteiger partial charge < -0.3 is 5.32 Å². The largest absolute Gasteiger partial charge is 0.305 e. The van der Waals surface area contributed by atoms with E-state index in [-0.39, 0.29) is 11.9 Å². The van der Waals surface area contributed by atoms with Gasteiger partial charge in [-0.1, -0.05) is 17.5 Å². The summed E-state index contributed by atoms with van der Waals surface area (Å²) in [6.07, 6.45) is 0. The highest BCUT2D eigenvalue weighted by Crippen LogP contribution is 2.24. The van der Waals surface area contributed by atoms with Crippen molar-refractivity contribution in [2.45, 2.75) is 19.9 Å². The quantitative estimate of drug-likeness (QED) is 0.908. The molecule has 0 bridgehead atoms. The molecule has 1 aromatic carbocycles. The summed E-state index contributed by atoms with van der Waals surface area (Å²) in [4.78, 5) is 0. The second-order valence-electron chi connectivity index (χ2n) is 3.82. The van der Waals surface area contributed by atoms with Gasteiger partial charge >= 0.3 is 0 Å². The number of benzene rings is 1. The third kappa shape index (κ3) is 2.68. The average Bonchev–Trinajstić information content (AvgIpc) is 2.83. The van der Waals surface area contributed by atoms with Gasteiger partial charge in [0.05, 0.1) is 11.7 Å². The lowest BCUT2D eigenvalue weighted by Gasteiger charge is -2.18. The zero-order chi connectivity index (χ0) is 12.3. The molecule has 0 fully saturated rings. The molecule has 1 atom stereocenters. The second kappa shape index (κ2) is 5.33. The first-order valence-corrected chi connectivity index (χ1v) is 6.32. The number of rotatable bonds is 4. The number of halogens is 1. The zero-order valence-electron chi connectivity index (χ0n) is 9.77. The second-order valence-corrected chi connectivity index (χ2v) is 4.43. The van der Waals surface area contributed by atoms with Crippen LogP contribution in [0.3, 0.4) is 0 Å². The van der Waals surface area contributed by atoms with Gasteiger partial charge in [-0.25, -0.2) is 4.39 Å². The fraction of sp³-hybridized carbons (Fsp3) is 0.333. The molecule has 0 aliphatic heterocycles. The Balaban J connectivity index is 2.42. The van der Waals surface area contributed by atoms with Crippen molar-refractivity contribution >= 4 is 11.5 Å². The highest BCUT2D eigenvalue weighted by molar-refractivity contribution is 7.03. The molecule has 1 aromatic heterocycles. The third-order valence-electron chi connectivity index (χ3n) is 2.63. The summed E-state index contributed by atoms with van der Waals surface area (Å²) >= 11 is 1.30. The van der Waals surface area contributed by atoms with Crippen molar-refractivity contribution in [1.29, 1.82) is 0 Å². The van der Waals surface area contributed by atoms with E-state index in [9.17, 15) is 4.39 Å². The Morgan fingerprint density at radius 3 is 2.94 bits per heavy atom. The van der Waals surface area contributed by atoms with Gasteiger partial charge in [-0.2, -0.15) is 0 Å². The van der Waals surface area contributed by atoms with Gasteiger partial charge in [-0.05, 0) is 48.3 Å². The third-order valence-corrected chi connectivity index (χ3v) is 3.16. The monoisotopic (exact) mass is 251 g/mol. The summed E-state index contributed by atoms with van der Waals surface area (Å²) in [5, 5.41) is 9.26. The van der Waals surface area contributed by atoms with Crippen LogP contribution in [0.4, 0.5) is 4.39 Å². The van der Waals surface area contributed by atoms with E-state index in [0.29, 0.717) is 0 Å². The topological polar surface area (TPSA) is 37.8 Å². The maximum atomic E-state index is 13.3. The number of nitrogens with one attached hydrogen (secondary N) is 1. The fourth-order valence-corrected chi connectivity index (χ4v) is 2.28. The molecular formula is C12H14FN3S. The first-order chi connectivity index (χ1) is 8.22. The van der Waals surface area contributed by atoms with Crippen molar-refractivity contribution in [1.82, 2.24) is 14.9 Å². The number of aryl methyl sites for hydroxylation is 1. The first kappa shape index (κ1) is 12.1. The Morgan fingerprint density at radius 1 is 1.47 bits per heavy atom. The summed E-state index contributed by atoms with van der Waals surface area (Å²) in [6.45, 7) is 4.78. The zero-order valence-corrected chi connectivity index (χ0v) is 10.6. The first-order valence-electron chi connectivity index (χ1n) is 5.48. The van der Waals surface area contributed by atoms with Crippen molar-refractivity contribution in [3.8, 4) is 0 Å². The van der Waals surface area contributed by atoms with Crippen molar-refractivity contribution in [3.63, 3.8) is 0 Å². The molecule has 1 unspecified atom stereocenters. The fourth-order valence-electron chi connectivity index (χ4n) is 1.80. The molecule has 0 saturated carbocycles. The normalized spacial score (nSPS) is 12.6. The predicted octanol–water partition coefficient (Wildman–Crippen LogP) is 2.68. The molecule has 0 aliphatic rings. The highest BCUT2D eigenvalue weighted by Gasteiger charge is 2.18. The smallest absolute Gasteiger partial charge is 0.123 e. The molecule has 1 heterocycles. The predicted molar refractivity (Wildman–Crippen MR) is 66.6 cm³/mol. The van der Waals surface area contributed by atoms with Gasteiger partial charge in [0, 0.05) is 5.38 Å². The number of hydrogen-bond donors (Lipinski definition) is 1. The Bertz CT molecular complexity index is 485. The van der Waals surface area contributed by atoms with Crippen molar-refractivity contribution in [2.24, 2.45) is 0 Å². The van der Waals surface area contributed by atoms with E-state index in [4.69, 9.17) is 0 Å². The summed E-state index contributed by atoms with van der Waals surface area (Å²) in [5.74, 6) is -0.225. The van der Waals surface area contributed by atoms with Gasteiger partial charge in [0.1, 0.15) is 5.82 Å². The van der Waals surface area contributed by atoms with Crippen molar-refractivity contribution < 1.29 is 4.39 Å². The van der Waals surface area contributed by atoms with Crippen molar-refractivity contribution in [3.05, 3.63) is 46.2 Å². The summed E-state index contributed by atoms with van der Waals surface area (Å²) in [7, 11) is 0. The van der Waals surface area contributed by atoms with Gasteiger partial charge in [-0.15, -0.1) is 5.10 Å². The van der Waals surface area contributed by atoms with Crippen LogP contribution in [0, 0.1) is 12.7 Å². The van der Waals surface area contributed by atoms with Crippen LogP contribution >= 0.6 is 11.5 Å². The molecule has 0 radical (unpaired) electrons. The molecule has 2 aromatic rings. The molecule has 0 spiro atoms. The molecule has 5 heteroatoms. The van der Waals surface area contributed by atoms with E-state index in [1.165, 1.54) is 17.6 Å². The van der Waals surface area contributed by atoms with Gasteiger partial charge in [-0.3, -0.25) is 0 Å². The van der Waals surface area contributed by atoms with Crippen LogP contribution in [0.5, 0.6) is 0 Å². The Kier molecular flexibility index (Phi) is 3.81. The molecule has 0 saturated heterocycles. The summed E-state index contributed by atoms with van der Waals surface area (Å²) in [6, 6.07) is 4.73. The van der Waals surface area contributed by atoms with Gasteiger partial charge in [0.2, 0.25) is 0 Å².